The lowest BCUT2D eigenvalue weighted by Gasteiger charge is -2.11. The van der Waals surface area contributed by atoms with Gasteiger partial charge in [0.1, 0.15) is 17.2 Å². The zero-order valence-electron chi connectivity index (χ0n) is 16.9. The number of halogens is 1. The van der Waals surface area contributed by atoms with Crippen molar-refractivity contribution in [2.75, 3.05) is 7.11 Å². The fourth-order valence-electron chi connectivity index (χ4n) is 3.31. The third kappa shape index (κ3) is 4.32. The Balaban J connectivity index is 1.55. The van der Waals surface area contributed by atoms with Crippen LogP contribution in [0.15, 0.2) is 72.5 Å². The predicted octanol–water partition coefficient (Wildman–Crippen LogP) is 5.51. The second-order valence-electron chi connectivity index (χ2n) is 7.02. The summed E-state index contributed by atoms with van der Waals surface area (Å²) in [6.07, 6.45) is 1.66. The first kappa shape index (κ1) is 20.7. The van der Waals surface area contributed by atoms with Crippen LogP contribution in [0.2, 0.25) is 0 Å². The lowest BCUT2D eigenvalue weighted by molar-refractivity contribution is -0.134. The Kier molecular flexibility index (Phi) is 5.78. The number of fused-ring (bicyclic) bond motifs is 1. The Morgan fingerprint density at radius 2 is 1.74 bits per heavy atom. The van der Waals surface area contributed by atoms with Gasteiger partial charge in [0, 0.05) is 6.07 Å². The van der Waals surface area contributed by atoms with E-state index in [2.05, 4.69) is 0 Å². The fourth-order valence-corrected chi connectivity index (χ4v) is 3.50. The van der Waals surface area contributed by atoms with Gasteiger partial charge >= 0.3 is 5.97 Å². The molecule has 0 amide bonds. The second kappa shape index (κ2) is 8.66. The first-order valence-corrected chi connectivity index (χ1v) is 10.0. The van der Waals surface area contributed by atoms with Crippen molar-refractivity contribution >= 4 is 29.4 Å². The lowest BCUT2D eigenvalue weighted by atomic mass is 10.0. The zero-order valence-corrected chi connectivity index (χ0v) is 17.7. The molecule has 1 aliphatic rings. The number of carbonyl (C=O) groups is 2. The van der Waals surface area contributed by atoms with E-state index in [1.54, 1.807) is 62.6 Å². The van der Waals surface area contributed by atoms with Crippen LogP contribution in [0.5, 0.6) is 17.2 Å². The number of carbonyl (C=O) groups excluding carboxylic acids is 2. The van der Waals surface area contributed by atoms with Gasteiger partial charge in [-0.05, 0) is 47.9 Å². The molecule has 1 unspecified atom stereocenters. The second-order valence-corrected chi connectivity index (χ2v) is 7.46. The Hall–Kier alpha value is -3.57. The van der Waals surface area contributed by atoms with Gasteiger partial charge < -0.3 is 14.2 Å². The van der Waals surface area contributed by atoms with Crippen molar-refractivity contribution in [2.45, 2.75) is 12.3 Å². The third-order valence-corrected chi connectivity index (χ3v) is 5.30. The van der Waals surface area contributed by atoms with Gasteiger partial charge in [0.2, 0.25) is 5.78 Å². The maximum absolute atomic E-state index is 12.8. The van der Waals surface area contributed by atoms with E-state index < -0.39 is 11.3 Å². The number of hydrogen-bond acceptors (Lipinski definition) is 5. The van der Waals surface area contributed by atoms with Crippen LogP contribution < -0.4 is 14.2 Å². The minimum absolute atomic E-state index is 0.200. The molecule has 0 saturated heterocycles. The minimum atomic E-state index is -0.942. The van der Waals surface area contributed by atoms with E-state index in [0.29, 0.717) is 22.4 Å². The largest absolute Gasteiger partial charge is 0.497 e. The summed E-state index contributed by atoms with van der Waals surface area (Å²) in [7, 11) is 1.59. The lowest BCUT2D eigenvalue weighted by Crippen LogP contribution is -2.14. The minimum Gasteiger partial charge on any atom is -0.497 e. The van der Waals surface area contributed by atoms with E-state index in [0.717, 1.165) is 11.3 Å². The van der Waals surface area contributed by atoms with Crippen LogP contribution in [0.4, 0.5) is 0 Å². The molecular formula is C25H19ClO5. The summed E-state index contributed by atoms with van der Waals surface area (Å²) in [5.41, 5.74) is 2.54. The van der Waals surface area contributed by atoms with E-state index >= 15 is 0 Å². The van der Waals surface area contributed by atoms with E-state index in [1.165, 1.54) is 6.07 Å². The number of alkyl halides is 1. The molecule has 3 aromatic carbocycles. The van der Waals surface area contributed by atoms with E-state index in [1.807, 2.05) is 18.2 Å². The average molecular weight is 435 g/mol. The zero-order chi connectivity index (χ0) is 22.0. The van der Waals surface area contributed by atoms with Gasteiger partial charge in [0.15, 0.2) is 11.1 Å². The van der Waals surface area contributed by atoms with Crippen LogP contribution in [-0.4, -0.2) is 18.9 Å². The molecule has 156 valence electrons. The maximum atomic E-state index is 12.8. The molecule has 0 fully saturated rings. The number of aryl methyl sites for hydroxylation is 1. The van der Waals surface area contributed by atoms with Gasteiger partial charge in [-0.15, -0.1) is 11.6 Å². The molecule has 0 aromatic heterocycles. The molecule has 0 bridgehead atoms. The number of Topliss-reactive ketones (excluding diaryl/α,β-unsaturated/α-hetero) is 1. The Morgan fingerprint density at radius 3 is 2.42 bits per heavy atom. The summed E-state index contributed by atoms with van der Waals surface area (Å²) in [4.78, 5) is 25.3. The first-order valence-electron chi connectivity index (χ1n) is 9.60. The molecule has 0 radical (unpaired) electrons. The number of hydrogen-bond donors (Lipinski definition) is 0. The molecule has 31 heavy (non-hydrogen) atoms. The highest BCUT2D eigenvalue weighted by Crippen LogP contribution is 2.38. The van der Waals surface area contributed by atoms with Crippen molar-refractivity contribution in [3.05, 3.63) is 94.7 Å². The van der Waals surface area contributed by atoms with E-state index in [-0.39, 0.29) is 17.3 Å². The van der Waals surface area contributed by atoms with Crippen LogP contribution in [-0.2, 0) is 4.79 Å². The number of allylic oxidation sites excluding steroid dienone is 1. The molecular weight excluding hydrogens is 416 g/mol. The Morgan fingerprint density at radius 1 is 1.03 bits per heavy atom. The normalized spacial score (nSPS) is 14.7. The van der Waals surface area contributed by atoms with E-state index in [4.69, 9.17) is 25.8 Å². The Labute approximate surface area is 184 Å². The summed E-state index contributed by atoms with van der Waals surface area (Å²) >= 11 is 6.24. The number of rotatable bonds is 5. The quantitative estimate of drug-likeness (QED) is 0.229. The summed E-state index contributed by atoms with van der Waals surface area (Å²) in [6.45, 7) is 1.77. The van der Waals surface area contributed by atoms with Crippen LogP contribution >= 0.6 is 11.6 Å². The molecule has 1 aliphatic heterocycles. The van der Waals surface area contributed by atoms with Gasteiger partial charge in [-0.3, -0.25) is 4.79 Å². The van der Waals surface area contributed by atoms with Crippen LogP contribution in [0, 0.1) is 6.92 Å². The number of esters is 1. The molecule has 0 saturated carbocycles. The molecule has 0 spiro atoms. The summed E-state index contributed by atoms with van der Waals surface area (Å²) in [6, 6.07) is 19.4. The number of benzene rings is 3. The smallest absolute Gasteiger partial charge is 0.334 e. The highest BCUT2D eigenvalue weighted by Gasteiger charge is 2.30. The first-order chi connectivity index (χ1) is 15.0. The number of ketones is 1. The SMILES string of the molecule is COc1ccc(/C=C2\Oc3cc(OC(=O)C(Cl)c4ccccc4)cc(C)c3C2=O)cc1. The molecule has 1 atom stereocenters. The molecule has 1 heterocycles. The van der Waals surface area contributed by atoms with Crippen LogP contribution in [0.25, 0.3) is 6.08 Å². The van der Waals surface area contributed by atoms with Gasteiger partial charge in [-0.25, -0.2) is 4.79 Å². The fraction of sp³-hybridized carbons (Fsp3) is 0.120. The third-order valence-electron chi connectivity index (χ3n) is 4.87. The van der Waals surface area contributed by atoms with Crippen molar-refractivity contribution in [1.29, 1.82) is 0 Å². The van der Waals surface area contributed by atoms with Crippen molar-refractivity contribution in [3.63, 3.8) is 0 Å². The van der Waals surface area contributed by atoms with E-state index in [9.17, 15) is 9.59 Å². The highest BCUT2D eigenvalue weighted by molar-refractivity contribution is 6.30. The monoisotopic (exact) mass is 434 g/mol. The topological polar surface area (TPSA) is 61.8 Å². The predicted molar refractivity (Wildman–Crippen MR) is 118 cm³/mol. The summed E-state index contributed by atoms with van der Waals surface area (Å²) < 4.78 is 16.4. The molecule has 3 aromatic rings. The van der Waals surface area contributed by atoms with Gasteiger partial charge in [-0.1, -0.05) is 42.5 Å². The van der Waals surface area contributed by atoms with Gasteiger partial charge in [0.25, 0.3) is 0 Å². The van der Waals surface area contributed by atoms with Crippen molar-refractivity contribution in [3.8, 4) is 17.2 Å². The van der Waals surface area contributed by atoms with Gasteiger partial charge in [0.05, 0.1) is 12.7 Å². The molecule has 4 rings (SSSR count). The van der Waals surface area contributed by atoms with Crippen LogP contribution in [0.3, 0.4) is 0 Å². The average Bonchev–Trinajstić information content (AvgIpc) is 3.09. The van der Waals surface area contributed by atoms with Crippen molar-refractivity contribution in [1.82, 2.24) is 0 Å². The molecule has 0 N–H and O–H groups in total. The Bertz CT molecular complexity index is 1170. The standard InChI is InChI=1S/C25H19ClO5/c1-15-12-19(30-25(28)23(26)17-6-4-3-5-7-17)14-20-22(15)24(27)21(31-20)13-16-8-10-18(29-2)11-9-16/h3-14,23H,1-2H3/b21-13-. The molecule has 6 heteroatoms. The number of ether oxygens (including phenoxy) is 3. The van der Waals surface area contributed by atoms with Crippen LogP contribution in [0.1, 0.15) is 32.4 Å². The number of methoxy groups -OCH3 is 1. The maximum Gasteiger partial charge on any atom is 0.334 e. The highest BCUT2D eigenvalue weighted by atomic mass is 35.5. The summed E-state index contributed by atoms with van der Waals surface area (Å²) in [5.74, 6) is 0.705. The van der Waals surface area contributed by atoms with Crippen molar-refractivity contribution in [2.24, 2.45) is 0 Å². The van der Waals surface area contributed by atoms with Gasteiger partial charge in [-0.2, -0.15) is 0 Å². The molecule has 5 nitrogen and oxygen atoms in total. The summed E-state index contributed by atoms with van der Waals surface area (Å²) in [5, 5.41) is -0.942. The molecule has 0 aliphatic carbocycles. The van der Waals surface area contributed by atoms with Crippen molar-refractivity contribution < 1.29 is 23.8 Å².